The Morgan fingerprint density at radius 1 is 1.44 bits per heavy atom. The van der Waals surface area contributed by atoms with Crippen LogP contribution in [-0.2, 0) is 4.79 Å². The fraction of sp³-hybridized carbons (Fsp3) is 0.167. The molecule has 1 heterocycles. The van der Waals surface area contributed by atoms with Crippen molar-refractivity contribution in [2.75, 3.05) is 11.1 Å². The van der Waals surface area contributed by atoms with E-state index in [-0.39, 0.29) is 11.2 Å². The minimum atomic E-state index is -0.190. The summed E-state index contributed by atoms with van der Waals surface area (Å²) in [6.45, 7) is 1.86. The molecule has 18 heavy (non-hydrogen) atoms. The van der Waals surface area contributed by atoms with Gasteiger partial charge in [0.05, 0.1) is 15.7 Å². The van der Waals surface area contributed by atoms with Crippen LogP contribution in [0.2, 0.25) is 0 Å². The SMILES string of the molecule is CC(Sc1cnc(N)s1)C(=O)Nc1ccccc1. The first-order valence-electron chi connectivity index (χ1n) is 5.39. The number of hydrogen-bond donors (Lipinski definition) is 2. The van der Waals surface area contributed by atoms with Crippen LogP contribution in [0.3, 0.4) is 0 Å². The zero-order valence-corrected chi connectivity index (χ0v) is 11.4. The fourth-order valence-corrected chi connectivity index (χ4v) is 3.25. The summed E-state index contributed by atoms with van der Waals surface area (Å²) < 4.78 is 0.947. The number of nitrogen functional groups attached to an aromatic ring is 1. The molecule has 0 aliphatic carbocycles. The molecule has 3 N–H and O–H groups in total. The molecule has 1 aromatic carbocycles. The normalized spacial score (nSPS) is 12.1. The van der Waals surface area contributed by atoms with Crippen LogP contribution in [0.5, 0.6) is 0 Å². The standard InChI is InChI=1S/C12H13N3OS2/c1-8(17-10-7-14-12(13)18-10)11(16)15-9-5-3-2-4-6-9/h2-8H,1H3,(H2,13,14)(H,15,16). The van der Waals surface area contributed by atoms with Crippen molar-refractivity contribution in [2.24, 2.45) is 0 Å². The third kappa shape index (κ3) is 3.48. The molecule has 4 nitrogen and oxygen atoms in total. The molecular formula is C12H13N3OS2. The zero-order valence-electron chi connectivity index (χ0n) is 9.79. The topological polar surface area (TPSA) is 68.0 Å². The van der Waals surface area contributed by atoms with Gasteiger partial charge in [-0.3, -0.25) is 4.79 Å². The quantitative estimate of drug-likeness (QED) is 0.844. The number of nitrogens with two attached hydrogens (primary N) is 1. The molecule has 1 aromatic heterocycles. The molecule has 2 rings (SSSR count). The van der Waals surface area contributed by atoms with Crippen LogP contribution in [0.25, 0.3) is 0 Å². The van der Waals surface area contributed by atoms with Crippen molar-refractivity contribution in [3.63, 3.8) is 0 Å². The summed E-state index contributed by atoms with van der Waals surface area (Å²) >= 11 is 2.85. The number of nitrogens with zero attached hydrogens (tertiary/aromatic N) is 1. The number of para-hydroxylation sites is 1. The second kappa shape index (κ2) is 5.88. The van der Waals surface area contributed by atoms with Gasteiger partial charge in [0.25, 0.3) is 0 Å². The van der Waals surface area contributed by atoms with Gasteiger partial charge in [-0.15, -0.1) is 11.8 Å². The van der Waals surface area contributed by atoms with Gasteiger partial charge in [-0.05, 0) is 19.1 Å². The fourth-order valence-electron chi connectivity index (χ4n) is 1.32. The summed E-state index contributed by atoms with van der Waals surface area (Å²) in [5.74, 6) is -0.0295. The van der Waals surface area contributed by atoms with Crippen molar-refractivity contribution in [1.29, 1.82) is 0 Å². The highest BCUT2D eigenvalue weighted by Gasteiger charge is 2.15. The number of rotatable bonds is 4. The van der Waals surface area contributed by atoms with Crippen molar-refractivity contribution >= 4 is 39.8 Å². The molecule has 0 aliphatic rings. The molecule has 6 heteroatoms. The molecule has 0 bridgehead atoms. The van der Waals surface area contributed by atoms with Crippen molar-refractivity contribution in [3.8, 4) is 0 Å². The van der Waals surface area contributed by atoms with Crippen LogP contribution in [0.4, 0.5) is 10.8 Å². The molecule has 0 spiro atoms. The van der Waals surface area contributed by atoms with E-state index in [4.69, 9.17) is 5.73 Å². The van der Waals surface area contributed by atoms with E-state index < -0.39 is 0 Å². The Balaban J connectivity index is 1.93. The van der Waals surface area contributed by atoms with Crippen LogP contribution < -0.4 is 11.1 Å². The van der Waals surface area contributed by atoms with Gasteiger partial charge in [0, 0.05) is 5.69 Å². The van der Waals surface area contributed by atoms with E-state index in [1.54, 1.807) is 6.20 Å². The summed E-state index contributed by atoms with van der Waals surface area (Å²) in [6, 6.07) is 9.41. The lowest BCUT2D eigenvalue weighted by atomic mass is 10.3. The van der Waals surface area contributed by atoms with Gasteiger partial charge in [-0.1, -0.05) is 29.5 Å². The first-order chi connectivity index (χ1) is 8.65. The average Bonchev–Trinajstić information content (AvgIpc) is 2.76. The first-order valence-corrected chi connectivity index (χ1v) is 7.08. The Labute approximate surface area is 114 Å². The highest BCUT2D eigenvalue weighted by molar-refractivity contribution is 8.02. The molecule has 0 saturated heterocycles. The predicted molar refractivity (Wildman–Crippen MR) is 76.9 cm³/mol. The molecule has 1 amide bonds. The van der Waals surface area contributed by atoms with Crippen LogP contribution in [0.15, 0.2) is 40.7 Å². The number of benzene rings is 1. The van der Waals surface area contributed by atoms with E-state index >= 15 is 0 Å². The Bertz CT molecular complexity index is 527. The van der Waals surface area contributed by atoms with Gasteiger partial charge in [0.2, 0.25) is 5.91 Å². The maximum Gasteiger partial charge on any atom is 0.237 e. The number of thioether (sulfide) groups is 1. The van der Waals surface area contributed by atoms with Gasteiger partial charge in [0.1, 0.15) is 0 Å². The van der Waals surface area contributed by atoms with Crippen molar-refractivity contribution in [3.05, 3.63) is 36.5 Å². The highest BCUT2D eigenvalue weighted by atomic mass is 32.2. The first kappa shape index (κ1) is 12.9. The number of anilines is 2. The molecule has 0 aliphatic heterocycles. The van der Waals surface area contributed by atoms with Crippen LogP contribution in [-0.4, -0.2) is 16.1 Å². The summed E-state index contributed by atoms with van der Waals surface area (Å²) in [4.78, 5) is 15.9. The molecular weight excluding hydrogens is 266 g/mol. The van der Waals surface area contributed by atoms with Crippen molar-refractivity contribution < 1.29 is 4.79 Å². The minimum absolute atomic E-state index is 0.0295. The Hall–Kier alpha value is -1.53. The lowest BCUT2D eigenvalue weighted by Gasteiger charge is -2.10. The number of amides is 1. The van der Waals surface area contributed by atoms with E-state index in [1.807, 2.05) is 37.3 Å². The number of aromatic nitrogens is 1. The summed E-state index contributed by atoms with van der Waals surface area (Å²) in [7, 11) is 0. The molecule has 2 aromatic rings. The van der Waals surface area contributed by atoms with Gasteiger partial charge >= 0.3 is 0 Å². The third-order valence-corrected chi connectivity index (χ3v) is 4.27. The molecule has 0 radical (unpaired) electrons. The molecule has 1 unspecified atom stereocenters. The summed E-state index contributed by atoms with van der Waals surface area (Å²) in [5, 5.41) is 3.19. The molecule has 0 saturated carbocycles. The number of nitrogens with one attached hydrogen (secondary N) is 1. The lowest BCUT2D eigenvalue weighted by Crippen LogP contribution is -2.22. The smallest absolute Gasteiger partial charge is 0.237 e. The maximum absolute atomic E-state index is 11.9. The third-order valence-electron chi connectivity index (χ3n) is 2.21. The molecule has 94 valence electrons. The maximum atomic E-state index is 11.9. The summed E-state index contributed by atoms with van der Waals surface area (Å²) in [6.07, 6.45) is 1.69. The molecule has 1 atom stereocenters. The van der Waals surface area contributed by atoms with E-state index in [0.717, 1.165) is 9.90 Å². The zero-order chi connectivity index (χ0) is 13.0. The Morgan fingerprint density at radius 2 is 2.17 bits per heavy atom. The van der Waals surface area contributed by atoms with E-state index in [9.17, 15) is 4.79 Å². The average molecular weight is 279 g/mol. The van der Waals surface area contributed by atoms with Crippen LogP contribution in [0, 0.1) is 0 Å². The van der Waals surface area contributed by atoms with Gasteiger partial charge in [0.15, 0.2) is 5.13 Å². The van der Waals surface area contributed by atoms with Gasteiger partial charge < -0.3 is 11.1 Å². The number of carbonyl (C=O) groups is 1. The monoisotopic (exact) mass is 279 g/mol. The number of thiazole rings is 1. The largest absolute Gasteiger partial charge is 0.375 e. The predicted octanol–water partition coefficient (Wildman–Crippen LogP) is 2.84. The minimum Gasteiger partial charge on any atom is -0.375 e. The van der Waals surface area contributed by atoms with Crippen molar-refractivity contribution in [1.82, 2.24) is 4.98 Å². The van der Waals surface area contributed by atoms with Gasteiger partial charge in [-0.2, -0.15) is 0 Å². The van der Waals surface area contributed by atoms with E-state index in [1.165, 1.54) is 23.1 Å². The highest BCUT2D eigenvalue weighted by Crippen LogP contribution is 2.30. The van der Waals surface area contributed by atoms with Crippen LogP contribution >= 0.6 is 23.1 Å². The van der Waals surface area contributed by atoms with Gasteiger partial charge in [-0.25, -0.2) is 4.98 Å². The molecule has 0 fully saturated rings. The summed E-state index contributed by atoms with van der Waals surface area (Å²) in [5.41, 5.74) is 6.35. The number of hydrogen-bond acceptors (Lipinski definition) is 5. The Morgan fingerprint density at radius 3 is 2.78 bits per heavy atom. The lowest BCUT2D eigenvalue weighted by molar-refractivity contribution is -0.115. The van der Waals surface area contributed by atoms with Crippen LogP contribution in [0.1, 0.15) is 6.92 Å². The second-order valence-electron chi connectivity index (χ2n) is 3.63. The van der Waals surface area contributed by atoms with E-state index in [0.29, 0.717) is 5.13 Å². The Kier molecular flexibility index (Phi) is 4.22. The van der Waals surface area contributed by atoms with E-state index in [2.05, 4.69) is 10.3 Å². The number of carbonyl (C=O) groups excluding carboxylic acids is 1. The van der Waals surface area contributed by atoms with Crippen molar-refractivity contribution in [2.45, 2.75) is 16.4 Å². The second-order valence-corrected chi connectivity index (χ2v) is 6.34.